The summed E-state index contributed by atoms with van der Waals surface area (Å²) in [4.78, 5) is 18.5. The normalized spacial score (nSPS) is 10.5. The molecule has 2 N–H and O–H groups in total. The molecule has 0 spiro atoms. The highest BCUT2D eigenvalue weighted by Gasteiger charge is 2.03. The van der Waals surface area contributed by atoms with Gasteiger partial charge in [-0.1, -0.05) is 17.4 Å². The van der Waals surface area contributed by atoms with E-state index in [4.69, 9.17) is 4.84 Å². The van der Waals surface area contributed by atoms with E-state index in [9.17, 15) is 4.79 Å². The van der Waals surface area contributed by atoms with Gasteiger partial charge in [0.2, 0.25) is 0 Å². The Bertz CT molecular complexity index is 474. The lowest BCUT2D eigenvalue weighted by molar-refractivity contribution is 0.271. The molecule has 0 radical (unpaired) electrons. The van der Waals surface area contributed by atoms with Crippen LogP contribution in [0.25, 0.3) is 10.2 Å². The van der Waals surface area contributed by atoms with Gasteiger partial charge in [-0.05, 0) is 12.1 Å². The minimum Gasteiger partial charge on any atom is -0.310 e. The van der Waals surface area contributed by atoms with Crippen LogP contribution in [-0.4, -0.2) is 12.1 Å². The van der Waals surface area contributed by atoms with E-state index in [0.29, 0.717) is 0 Å². The smallest absolute Gasteiger partial charge is 0.305 e. The van der Waals surface area contributed by atoms with E-state index in [1.165, 1.54) is 18.4 Å². The first-order valence-corrected chi connectivity index (χ1v) is 4.54. The Hall–Kier alpha value is -1.33. The standard InChI is InChI=1S/C8H8N2O2S/c1-12-10-5-3-2-4-6-7(5)9-8(11)13-6/h2-4,10H,1H3,(H,9,11). The number of benzene rings is 1. The predicted octanol–water partition coefficient (Wildman–Crippen LogP) is 1.56. The number of para-hydroxylation sites is 1. The van der Waals surface area contributed by atoms with Crippen molar-refractivity contribution >= 4 is 27.2 Å². The first-order valence-electron chi connectivity index (χ1n) is 3.72. The van der Waals surface area contributed by atoms with Gasteiger partial charge >= 0.3 is 4.87 Å². The molecule has 68 valence electrons. The molecule has 0 aliphatic carbocycles. The average molecular weight is 196 g/mol. The van der Waals surface area contributed by atoms with Gasteiger partial charge in [0, 0.05) is 0 Å². The molecule has 2 aromatic rings. The molecule has 0 amide bonds. The van der Waals surface area contributed by atoms with E-state index in [1.807, 2.05) is 18.2 Å². The molecule has 0 saturated heterocycles. The fraction of sp³-hybridized carbons (Fsp3) is 0.125. The van der Waals surface area contributed by atoms with Gasteiger partial charge in [-0.3, -0.25) is 15.1 Å². The van der Waals surface area contributed by atoms with Gasteiger partial charge in [-0.15, -0.1) is 0 Å². The number of aromatic amines is 1. The molecule has 1 aromatic carbocycles. The Balaban J connectivity index is 2.67. The third-order valence-corrected chi connectivity index (χ3v) is 2.52. The molecule has 0 bridgehead atoms. The van der Waals surface area contributed by atoms with Crippen LogP contribution in [0.1, 0.15) is 0 Å². The Morgan fingerprint density at radius 2 is 2.38 bits per heavy atom. The van der Waals surface area contributed by atoms with Gasteiger partial charge in [-0.2, -0.15) is 0 Å². The summed E-state index contributed by atoms with van der Waals surface area (Å²) < 4.78 is 0.923. The highest BCUT2D eigenvalue weighted by Crippen LogP contribution is 2.22. The highest BCUT2D eigenvalue weighted by atomic mass is 32.1. The van der Waals surface area contributed by atoms with Gasteiger partial charge in [0.05, 0.1) is 23.0 Å². The maximum absolute atomic E-state index is 11.0. The molecule has 0 unspecified atom stereocenters. The topological polar surface area (TPSA) is 54.1 Å². The van der Waals surface area contributed by atoms with Crippen LogP contribution in [0.2, 0.25) is 0 Å². The van der Waals surface area contributed by atoms with Crippen molar-refractivity contribution in [1.29, 1.82) is 0 Å². The zero-order valence-electron chi connectivity index (χ0n) is 6.96. The first-order chi connectivity index (χ1) is 6.31. The summed E-state index contributed by atoms with van der Waals surface area (Å²) in [5, 5.41) is 0. The van der Waals surface area contributed by atoms with Crippen molar-refractivity contribution in [3.05, 3.63) is 27.9 Å². The number of aromatic nitrogens is 1. The van der Waals surface area contributed by atoms with Crippen LogP contribution < -0.4 is 10.4 Å². The van der Waals surface area contributed by atoms with Crippen LogP contribution in [0.5, 0.6) is 0 Å². The minimum absolute atomic E-state index is 0.0552. The van der Waals surface area contributed by atoms with Crippen LogP contribution in [0.4, 0.5) is 5.69 Å². The lowest BCUT2D eigenvalue weighted by Crippen LogP contribution is -1.97. The number of rotatable bonds is 2. The molecule has 0 saturated carbocycles. The summed E-state index contributed by atoms with van der Waals surface area (Å²) in [6.45, 7) is 0. The maximum Gasteiger partial charge on any atom is 0.305 e. The highest BCUT2D eigenvalue weighted by molar-refractivity contribution is 7.16. The summed E-state index contributed by atoms with van der Waals surface area (Å²) >= 11 is 1.19. The van der Waals surface area contributed by atoms with Gasteiger partial charge < -0.3 is 4.98 Å². The van der Waals surface area contributed by atoms with Gasteiger partial charge in [-0.25, -0.2) is 0 Å². The molecule has 13 heavy (non-hydrogen) atoms. The molecule has 1 heterocycles. The van der Waals surface area contributed by atoms with Crippen molar-refractivity contribution in [2.24, 2.45) is 0 Å². The Morgan fingerprint density at radius 1 is 1.54 bits per heavy atom. The summed E-state index contributed by atoms with van der Waals surface area (Å²) in [5.74, 6) is 0. The van der Waals surface area contributed by atoms with E-state index >= 15 is 0 Å². The van der Waals surface area contributed by atoms with E-state index in [1.54, 1.807) is 0 Å². The molecule has 5 heteroatoms. The van der Waals surface area contributed by atoms with Crippen molar-refractivity contribution in [2.45, 2.75) is 0 Å². The SMILES string of the molecule is CONc1cccc2sc(=O)[nH]c12. The second-order valence-electron chi connectivity index (χ2n) is 2.50. The third kappa shape index (κ3) is 1.43. The van der Waals surface area contributed by atoms with Crippen LogP contribution in [0, 0.1) is 0 Å². The number of hydrogen-bond acceptors (Lipinski definition) is 4. The summed E-state index contributed by atoms with van der Waals surface area (Å²) in [6.07, 6.45) is 0. The Labute approximate surface area is 78.1 Å². The molecule has 2 rings (SSSR count). The second kappa shape index (κ2) is 3.20. The van der Waals surface area contributed by atoms with Crippen LogP contribution >= 0.6 is 11.3 Å². The van der Waals surface area contributed by atoms with Crippen LogP contribution in [0.15, 0.2) is 23.0 Å². The number of anilines is 1. The van der Waals surface area contributed by atoms with Crippen LogP contribution in [-0.2, 0) is 4.84 Å². The Kier molecular flexibility index (Phi) is 2.03. The number of fused-ring (bicyclic) bond motifs is 1. The molecule has 0 aliphatic rings. The van der Waals surface area contributed by atoms with E-state index in [2.05, 4.69) is 10.5 Å². The van der Waals surface area contributed by atoms with E-state index in [0.717, 1.165) is 15.9 Å². The zero-order valence-corrected chi connectivity index (χ0v) is 7.77. The minimum atomic E-state index is -0.0552. The largest absolute Gasteiger partial charge is 0.310 e. The van der Waals surface area contributed by atoms with Gasteiger partial charge in [0.25, 0.3) is 0 Å². The zero-order chi connectivity index (χ0) is 9.26. The monoisotopic (exact) mass is 196 g/mol. The van der Waals surface area contributed by atoms with Gasteiger partial charge in [0.15, 0.2) is 0 Å². The number of hydrogen-bond donors (Lipinski definition) is 2. The molecular formula is C8H8N2O2S. The lowest BCUT2D eigenvalue weighted by atomic mass is 10.3. The molecule has 0 aliphatic heterocycles. The van der Waals surface area contributed by atoms with Crippen molar-refractivity contribution in [3.63, 3.8) is 0 Å². The lowest BCUT2D eigenvalue weighted by Gasteiger charge is -2.02. The quantitative estimate of drug-likeness (QED) is 0.717. The average Bonchev–Trinajstić information content (AvgIpc) is 2.47. The summed E-state index contributed by atoms with van der Waals surface area (Å²) in [5.41, 5.74) is 4.27. The first kappa shape index (κ1) is 8.28. The van der Waals surface area contributed by atoms with E-state index in [-0.39, 0.29) is 4.87 Å². The van der Waals surface area contributed by atoms with Crippen molar-refractivity contribution in [3.8, 4) is 0 Å². The maximum atomic E-state index is 11.0. The predicted molar refractivity (Wildman–Crippen MR) is 53.1 cm³/mol. The molecular weight excluding hydrogens is 188 g/mol. The number of thiazole rings is 1. The third-order valence-electron chi connectivity index (χ3n) is 1.67. The summed E-state index contributed by atoms with van der Waals surface area (Å²) in [6, 6.07) is 5.60. The Morgan fingerprint density at radius 3 is 3.15 bits per heavy atom. The second-order valence-corrected chi connectivity index (χ2v) is 3.51. The van der Waals surface area contributed by atoms with Crippen molar-refractivity contribution in [1.82, 2.24) is 4.98 Å². The molecule has 1 aromatic heterocycles. The van der Waals surface area contributed by atoms with Crippen molar-refractivity contribution in [2.75, 3.05) is 12.6 Å². The van der Waals surface area contributed by atoms with Gasteiger partial charge in [0.1, 0.15) is 0 Å². The molecule has 4 nitrogen and oxygen atoms in total. The van der Waals surface area contributed by atoms with Crippen LogP contribution in [0.3, 0.4) is 0 Å². The van der Waals surface area contributed by atoms with E-state index < -0.39 is 0 Å². The number of H-pyrrole nitrogens is 1. The van der Waals surface area contributed by atoms with Crippen molar-refractivity contribution < 1.29 is 4.84 Å². The molecule has 0 atom stereocenters. The molecule has 0 fully saturated rings. The fourth-order valence-electron chi connectivity index (χ4n) is 1.17. The fourth-order valence-corrected chi connectivity index (χ4v) is 1.93. The summed E-state index contributed by atoms with van der Waals surface area (Å²) in [7, 11) is 1.53. The number of nitrogens with one attached hydrogen (secondary N) is 2.